The van der Waals surface area contributed by atoms with Gasteiger partial charge >= 0.3 is 0 Å². The average Bonchev–Trinajstić information content (AvgIpc) is 2.19. The zero-order valence-electron chi connectivity index (χ0n) is 9.46. The summed E-state index contributed by atoms with van der Waals surface area (Å²) in [5.41, 5.74) is 0. The summed E-state index contributed by atoms with van der Waals surface area (Å²) in [5.74, 6) is 0.241. The first-order chi connectivity index (χ1) is 7.14. The summed E-state index contributed by atoms with van der Waals surface area (Å²) in [6.07, 6.45) is 5.27. The Labute approximate surface area is 92.9 Å². The van der Waals surface area contributed by atoms with E-state index in [9.17, 15) is 8.42 Å². The molecule has 1 aliphatic rings. The summed E-state index contributed by atoms with van der Waals surface area (Å²) in [4.78, 5) is 0. The van der Waals surface area contributed by atoms with E-state index in [1.54, 1.807) is 0 Å². The molecule has 1 rings (SSSR count). The quantitative estimate of drug-likeness (QED) is 0.716. The first-order valence-electron chi connectivity index (χ1n) is 5.85. The lowest BCUT2D eigenvalue weighted by Crippen LogP contribution is -2.37. The molecule has 5 heteroatoms. The normalized spacial score (nSPS) is 22.9. The molecule has 0 radical (unpaired) electrons. The average molecular weight is 234 g/mol. The molecule has 1 aliphatic heterocycles. The van der Waals surface area contributed by atoms with Gasteiger partial charge in [-0.2, -0.15) is 0 Å². The van der Waals surface area contributed by atoms with Gasteiger partial charge in [0.15, 0.2) is 0 Å². The molecule has 1 fully saturated rings. The van der Waals surface area contributed by atoms with E-state index < -0.39 is 10.0 Å². The van der Waals surface area contributed by atoms with Crippen LogP contribution in [0, 0.1) is 0 Å². The van der Waals surface area contributed by atoms with Gasteiger partial charge in [-0.3, -0.25) is 0 Å². The van der Waals surface area contributed by atoms with Crippen LogP contribution in [0.2, 0.25) is 0 Å². The Bertz CT molecular complexity index is 259. The van der Waals surface area contributed by atoms with Gasteiger partial charge < -0.3 is 5.32 Å². The molecule has 1 unspecified atom stereocenters. The minimum atomic E-state index is -3.01. The number of hydrogen-bond donors (Lipinski definition) is 2. The third kappa shape index (κ3) is 5.49. The number of hydrogen-bond acceptors (Lipinski definition) is 3. The van der Waals surface area contributed by atoms with Crippen molar-refractivity contribution in [3.8, 4) is 0 Å². The third-order valence-corrected chi connectivity index (χ3v) is 4.29. The maximum absolute atomic E-state index is 11.3. The highest BCUT2D eigenvalue weighted by atomic mass is 32.2. The molecule has 0 aliphatic carbocycles. The molecule has 0 bridgehead atoms. The fourth-order valence-electron chi connectivity index (χ4n) is 1.90. The highest BCUT2D eigenvalue weighted by Gasteiger charge is 2.13. The molecular formula is C10H22N2O2S. The largest absolute Gasteiger partial charge is 0.314 e. The van der Waals surface area contributed by atoms with Gasteiger partial charge in [0, 0.05) is 12.6 Å². The lowest BCUT2D eigenvalue weighted by Gasteiger charge is -2.23. The second-order valence-electron chi connectivity index (χ2n) is 4.15. The summed E-state index contributed by atoms with van der Waals surface area (Å²) in [6, 6.07) is 0.503. The van der Waals surface area contributed by atoms with Crippen molar-refractivity contribution < 1.29 is 8.42 Å². The molecule has 2 N–H and O–H groups in total. The van der Waals surface area contributed by atoms with E-state index >= 15 is 0 Å². The van der Waals surface area contributed by atoms with Crippen LogP contribution in [-0.4, -0.2) is 33.3 Å². The summed E-state index contributed by atoms with van der Waals surface area (Å²) < 4.78 is 25.3. The monoisotopic (exact) mass is 234 g/mol. The second-order valence-corrected chi connectivity index (χ2v) is 6.08. The third-order valence-electron chi connectivity index (χ3n) is 2.70. The Morgan fingerprint density at radius 1 is 1.40 bits per heavy atom. The lowest BCUT2D eigenvalue weighted by molar-refractivity contribution is 0.382. The zero-order valence-corrected chi connectivity index (χ0v) is 10.3. The first-order valence-corrected chi connectivity index (χ1v) is 7.50. The first kappa shape index (κ1) is 12.9. The Balaban J connectivity index is 2.14. The van der Waals surface area contributed by atoms with Crippen molar-refractivity contribution in [2.45, 2.75) is 45.1 Å². The number of sulfonamides is 1. The maximum atomic E-state index is 11.3. The molecule has 90 valence electrons. The summed E-state index contributed by atoms with van der Waals surface area (Å²) in [6.45, 7) is 3.52. The predicted octanol–water partition coefficient (Wildman–Crippen LogP) is 0.848. The summed E-state index contributed by atoms with van der Waals surface area (Å²) >= 11 is 0. The van der Waals surface area contributed by atoms with Gasteiger partial charge in [-0.25, -0.2) is 13.1 Å². The fraction of sp³-hybridized carbons (Fsp3) is 1.00. The van der Waals surface area contributed by atoms with Crippen molar-refractivity contribution in [3.63, 3.8) is 0 Å². The minimum Gasteiger partial charge on any atom is -0.314 e. The second kappa shape index (κ2) is 6.45. The Morgan fingerprint density at radius 2 is 2.20 bits per heavy atom. The Hall–Kier alpha value is -0.130. The summed E-state index contributed by atoms with van der Waals surface area (Å²) in [5, 5.41) is 3.40. The van der Waals surface area contributed by atoms with Gasteiger partial charge in [0.05, 0.1) is 5.75 Å². The molecule has 4 nitrogen and oxygen atoms in total. The molecule has 0 aromatic rings. The van der Waals surface area contributed by atoms with Crippen LogP contribution < -0.4 is 10.0 Å². The molecule has 0 amide bonds. The lowest BCUT2D eigenvalue weighted by atomic mass is 10.0. The van der Waals surface area contributed by atoms with Gasteiger partial charge in [0.2, 0.25) is 10.0 Å². The van der Waals surface area contributed by atoms with Crippen LogP contribution in [-0.2, 0) is 10.0 Å². The minimum absolute atomic E-state index is 0.241. The molecule has 0 aromatic heterocycles. The van der Waals surface area contributed by atoms with E-state index in [1.165, 1.54) is 19.3 Å². The number of nitrogens with one attached hydrogen (secondary N) is 2. The van der Waals surface area contributed by atoms with Crippen LogP contribution in [0.1, 0.15) is 39.0 Å². The zero-order chi connectivity index (χ0) is 11.1. The van der Waals surface area contributed by atoms with E-state index in [-0.39, 0.29) is 5.75 Å². The molecule has 0 spiro atoms. The van der Waals surface area contributed by atoms with Gasteiger partial charge in [-0.05, 0) is 32.2 Å². The van der Waals surface area contributed by atoms with Crippen molar-refractivity contribution in [1.29, 1.82) is 0 Å². The van der Waals surface area contributed by atoms with Gasteiger partial charge in [-0.15, -0.1) is 0 Å². The maximum Gasteiger partial charge on any atom is 0.211 e. The topological polar surface area (TPSA) is 58.2 Å². The fourth-order valence-corrected chi connectivity index (χ4v) is 3.01. The van der Waals surface area contributed by atoms with Crippen LogP contribution in [0.25, 0.3) is 0 Å². The standard InChI is InChI=1S/C10H22N2O2S/c1-2-9-15(13,14)12-8-6-10-5-3-4-7-11-10/h10-12H,2-9H2,1H3. The number of rotatable bonds is 6. The molecule has 1 heterocycles. The van der Waals surface area contributed by atoms with Crippen molar-refractivity contribution in [1.82, 2.24) is 10.0 Å². The molecule has 0 aromatic carbocycles. The predicted molar refractivity (Wildman–Crippen MR) is 62.3 cm³/mol. The highest BCUT2D eigenvalue weighted by Crippen LogP contribution is 2.09. The van der Waals surface area contributed by atoms with E-state index in [1.807, 2.05) is 6.92 Å². The molecule has 1 saturated heterocycles. The number of piperidine rings is 1. The smallest absolute Gasteiger partial charge is 0.211 e. The van der Waals surface area contributed by atoms with Crippen LogP contribution in [0.5, 0.6) is 0 Å². The van der Waals surface area contributed by atoms with E-state index in [2.05, 4.69) is 10.0 Å². The molecular weight excluding hydrogens is 212 g/mol. The van der Waals surface area contributed by atoms with Crippen molar-refractivity contribution >= 4 is 10.0 Å². The van der Waals surface area contributed by atoms with Crippen LogP contribution in [0.15, 0.2) is 0 Å². The van der Waals surface area contributed by atoms with Gasteiger partial charge in [0.25, 0.3) is 0 Å². The molecule has 0 saturated carbocycles. The Kier molecular flexibility index (Phi) is 5.56. The van der Waals surface area contributed by atoms with Gasteiger partial charge in [-0.1, -0.05) is 13.3 Å². The Morgan fingerprint density at radius 3 is 2.80 bits per heavy atom. The van der Waals surface area contributed by atoms with Crippen LogP contribution >= 0.6 is 0 Å². The van der Waals surface area contributed by atoms with Crippen LogP contribution in [0.4, 0.5) is 0 Å². The molecule has 1 atom stereocenters. The van der Waals surface area contributed by atoms with E-state index in [0.717, 1.165) is 13.0 Å². The van der Waals surface area contributed by atoms with E-state index in [0.29, 0.717) is 19.0 Å². The van der Waals surface area contributed by atoms with Crippen molar-refractivity contribution in [3.05, 3.63) is 0 Å². The SMILES string of the molecule is CCCS(=O)(=O)NCCC1CCCCN1. The van der Waals surface area contributed by atoms with Crippen molar-refractivity contribution in [2.24, 2.45) is 0 Å². The van der Waals surface area contributed by atoms with E-state index in [4.69, 9.17) is 0 Å². The van der Waals surface area contributed by atoms with Crippen LogP contribution in [0.3, 0.4) is 0 Å². The molecule has 15 heavy (non-hydrogen) atoms. The summed E-state index contributed by atoms with van der Waals surface area (Å²) in [7, 11) is -3.01. The highest BCUT2D eigenvalue weighted by molar-refractivity contribution is 7.89. The van der Waals surface area contributed by atoms with Gasteiger partial charge in [0.1, 0.15) is 0 Å². The van der Waals surface area contributed by atoms with Crippen molar-refractivity contribution in [2.75, 3.05) is 18.8 Å².